The zero-order valence-corrected chi connectivity index (χ0v) is 13.3. The Morgan fingerprint density at radius 2 is 2.00 bits per heavy atom. The number of rotatable bonds is 5. The minimum absolute atomic E-state index is 0.0180. The number of hydrogen-bond donors (Lipinski definition) is 2. The van der Waals surface area contributed by atoms with Crippen LogP contribution < -0.4 is 10.6 Å². The minimum Gasteiger partial charge on any atom is -0.348 e. The molecule has 2 rings (SSSR count). The van der Waals surface area contributed by atoms with E-state index in [0.29, 0.717) is 0 Å². The first kappa shape index (κ1) is 17.0. The van der Waals surface area contributed by atoms with Crippen molar-refractivity contribution >= 4 is 28.3 Å². The van der Waals surface area contributed by atoms with E-state index in [1.165, 1.54) is 5.38 Å². The summed E-state index contributed by atoms with van der Waals surface area (Å²) in [5.41, 5.74) is 0.153. The average Bonchev–Trinajstić information content (AvgIpc) is 2.98. The van der Waals surface area contributed by atoms with E-state index >= 15 is 0 Å². The molecule has 122 valence electrons. The molecule has 0 spiro atoms. The maximum Gasteiger partial charge on any atom is 0.271 e. The predicted octanol–water partition coefficient (Wildman–Crippen LogP) is 3.20. The molecule has 0 bridgehead atoms. The van der Waals surface area contributed by atoms with Crippen LogP contribution in [0.25, 0.3) is 0 Å². The molecule has 1 aromatic heterocycles. The number of carbonyl (C=O) groups excluding carboxylic acids is 2. The molecule has 0 saturated carbocycles. The van der Waals surface area contributed by atoms with Gasteiger partial charge in [0.2, 0.25) is 0 Å². The van der Waals surface area contributed by atoms with Crippen LogP contribution in [-0.2, 0) is 0 Å². The van der Waals surface area contributed by atoms with Gasteiger partial charge in [0.25, 0.3) is 11.8 Å². The van der Waals surface area contributed by atoms with Gasteiger partial charge in [-0.15, -0.1) is 11.3 Å². The molecule has 2 aromatic rings. The number of nitrogens with one attached hydrogen (secondary N) is 2. The number of hydrogen-bond acceptors (Lipinski definition) is 4. The highest BCUT2D eigenvalue weighted by Gasteiger charge is 2.15. The number of nitrogens with zero attached hydrogens (tertiary/aromatic N) is 1. The van der Waals surface area contributed by atoms with Gasteiger partial charge in [0.15, 0.2) is 16.8 Å². The summed E-state index contributed by atoms with van der Waals surface area (Å²) in [6.07, 6.45) is 0.787. The molecular weight excluding hydrogens is 324 g/mol. The minimum atomic E-state index is -1.11. The molecule has 1 unspecified atom stereocenters. The third-order valence-corrected chi connectivity index (χ3v) is 3.89. The van der Waals surface area contributed by atoms with E-state index in [9.17, 15) is 18.4 Å². The van der Waals surface area contributed by atoms with Crippen molar-refractivity contribution in [3.63, 3.8) is 0 Å². The van der Waals surface area contributed by atoms with Crippen LogP contribution in [-0.4, -0.2) is 22.8 Å². The molecular formula is C15H15F2N3O2S. The number of benzene rings is 1. The molecule has 1 aromatic carbocycles. The van der Waals surface area contributed by atoms with Crippen molar-refractivity contribution in [2.24, 2.45) is 0 Å². The summed E-state index contributed by atoms with van der Waals surface area (Å²) in [5, 5.41) is 6.92. The molecule has 0 aliphatic heterocycles. The Morgan fingerprint density at radius 3 is 2.65 bits per heavy atom. The molecule has 23 heavy (non-hydrogen) atoms. The molecule has 0 fully saturated rings. The molecule has 2 amide bonds. The maximum atomic E-state index is 13.1. The Balaban J connectivity index is 2.05. The molecule has 0 aliphatic carbocycles. The summed E-state index contributed by atoms with van der Waals surface area (Å²) in [7, 11) is 0. The number of aromatic nitrogens is 1. The standard InChI is InChI=1S/C15H15F2N3O2S/c1-3-8(2)18-14(22)12-7-23-15(19-12)20-13(21)9-4-5-10(16)11(17)6-9/h4-8H,3H2,1-2H3,(H,18,22)(H,19,20,21). The Hall–Kier alpha value is -2.35. The van der Waals surface area contributed by atoms with Crippen LogP contribution in [0.15, 0.2) is 23.6 Å². The molecule has 1 atom stereocenters. The van der Waals surface area contributed by atoms with Crippen LogP contribution in [0.1, 0.15) is 41.1 Å². The van der Waals surface area contributed by atoms with E-state index < -0.39 is 17.5 Å². The quantitative estimate of drug-likeness (QED) is 0.879. The second-order valence-electron chi connectivity index (χ2n) is 4.90. The van der Waals surface area contributed by atoms with E-state index in [1.807, 2.05) is 13.8 Å². The number of carbonyl (C=O) groups is 2. The van der Waals surface area contributed by atoms with Gasteiger partial charge in [-0.3, -0.25) is 14.9 Å². The van der Waals surface area contributed by atoms with E-state index in [-0.39, 0.29) is 28.3 Å². The molecule has 5 nitrogen and oxygen atoms in total. The van der Waals surface area contributed by atoms with Crippen LogP contribution in [0.4, 0.5) is 13.9 Å². The first-order valence-corrected chi connectivity index (χ1v) is 7.81. The Labute approximate surface area is 135 Å². The highest BCUT2D eigenvalue weighted by molar-refractivity contribution is 7.14. The average molecular weight is 339 g/mol. The van der Waals surface area contributed by atoms with E-state index in [2.05, 4.69) is 15.6 Å². The van der Waals surface area contributed by atoms with E-state index in [1.54, 1.807) is 0 Å². The Morgan fingerprint density at radius 1 is 1.26 bits per heavy atom. The number of anilines is 1. The third kappa shape index (κ3) is 4.32. The van der Waals surface area contributed by atoms with Crippen molar-refractivity contribution in [3.05, 3.63) is 46.5 Å². The molecule has 8 heteroatoms. The maximum absolute atomic E-state index is 13.1. The van der Waals surface area contributed by atoms with Gasteiger partial charge in [-0.05, 0) is 31.5 Å². The monoisotopic (exact) mass is 339 g/mol. The van der Waals surface area contributed by atoms with Gasteiger partial charge >= 0.3 is 0 Å². The van der Waals surface area contributed by atoms with E-state index in [4.69, 9.17) is 0 Å². The van der Waals surface area contributed by atoms with Crippen LogP contribution in [0.2, 0.25) is 0 Å². The van der Waals surface area contributed by atoms with Gasteiger partial charge in [-0.2, -0.15) is 0 Å². The van der Waals surface area contributed by atoms with Crippen molar-refractivity contribution in [1.29, 1.82) is 0 Å². The lowest BCUT2D eigenvalue weighted by Crippen LogP contribution is -2.32. The fourth-order valence-electron chi connectivity index (χ4n) is 1.64. The summed E-state index contributed by atoms with van der Waals surface area (Å²) < 4.78 is 26.0. The van der Waals surface area contributed by atoms with Gasteiger partial charge < -0.3 is 5.32 Å². The van der Waals surface area contributed by atoms with Crippen LogP contribution in [0.5, 0.6) is 0 Å². The SMILES string of the molecule is CCC(C)NC(=O)c1csc(NC(=O)c2ccc(F)c(F)c2)n1. The normalized spacial score (nSPS) is 11.8. The predicted molar refractivity (Wildman–Crippen MR) is 83.6 cm³/mol. The summed E-state index contributed by atoms with van der Waals surface area (Å²) in [5.74, 6) is -3.10. The van der Waals surface area contributed by atoms with Crippen molar-refractivity contribution < 1.29 is 18.4 Å². The summed E-state index contributed by atoms with van der Waals surface area (Å²) in [4.78, 5) is 27.9. The Kier molecular flexibility index (Phi) is 5.38. The van der Waals surface area contributed by atoms with Gasteiger partial charge in [-0.25, -0.2) is 13.8 Å². The first-order valence-electron chi connectivity index (χ1n) is 6.93. The highest BCUT2D eigenvalue weighted by Crippen LogP contribution is 2.17. The molecule has 0 radical (unpaired) electrons. The van der Waals surface area contributed by atoms with Gasteiger partial charge in [0.05, 0.1) is 0 Å². The van der Waals surface area contributed by atoms with Crippen LogP contribution >= 0.6 is 11.3 Å². The second kappa shape index (κ2) is 7.28. The van der Waals surface area contributed by atoms with Crippen LogP contribution in [0, 0.1) is 11.6 Å². The van der Waals surface area contributed by atoms with Gasteiger partial charge in [0.1, 0.15) is 5.69 Å². The largest absolute Gasteiger partial charge is 0.348 e. The molecule has 0 saturated heterocycles. The molecule has 2 N–H and O–H groups in total. The number of halogens is 2. The molecule has 1 heterocycles. The van der Waals surface area contributed by atoms with Gasteiger partial charge in [0, 0.05) is 17.0 Å². The lowest BCUT2D eigenvalue weighted by atomic mass is 10.2. The second-order valence-corrected chi connectivity index (χ2v) is 5.76. The first-order chi connectivity index (χ1) is 10.9. The molecule has 0 aliphatic rings. The highest BCUT2D eigenvalue weighted by atomic mass is 32.1. The smallest absolute Gasteiger partial charge is 0.271 e. The fourth-order valence-corrected chi connectivity index (χ4v) is 2.33. The summed E-state index contributed by atoms with van der Waals surface area (Å²) >= 11 is 1.07. The van der Waals surface area contributed by atoms with Crippen molar-refractivity contribution in [1.82, 2.24) is 10.3 Å². The zero-order chi connectivity index (χ0) is 17.0. The number of amides is 2. The zero-order valence-electron chi connectivity index (χ0n) is 12.5. The van der Waals surface area contributed by atoms with E-state index in [0.717, 1.165) is 36.0 Å². The van der Waals surface area contributed by atoms with Crippen molar-refractivity contribution in [2.45, 2.75) is 26.3 Å². The fraction of sp³-hybridized carbons (Fsp3) is 0.267. The van der Waals surface area contributed by atoms with Crippen molar-refractivity contribution in [2.75, 3.05) is 5.32 Å². The van der Waals surface area contributed by atoms with Gasteiger partial charge in [-0.1, -0.05) is 6.92 Å². The van der Waals surface area contributed by atoms with Crippen LogP contribution in [0.3, 0.4) is 0 Å². The summed E-state index contributed by atoms with van der Waals surface area (Å²) in [6, 6.07) is 2.86. The number of thiazole rings is 1. The third-order valence-electron chi connectivity index (χ3n) is 3.13. The lowest BCUT2D eigenvalue weighted by molar-refractivity contribution is 0.0933. The topological polar surface area (TPSA) is 71.1 Å². The Bertz CT molecular complexity index is 733. The summed E-state index contributed by atoms with van der Waals surface area (Å²) in [6.45, 7) is 3.81. The van der Waals surface area contributed by atoms with Crippen molar-refractivity contribution in [3.8, 4) is 0 Å². The lowest BCUT2D eigenvalue weighted by Gasteiger charge is -2.09.